The fourth-order valence-corrected chi connectivity index (χ4v) is 4.12. The first-order valence-electron chi connectivity index (χ1n) is 9.73. The molecule has 1 fully saturated rings. The highest BCUT2D eigenvalue weighted by Gasteiger charge is 2.28. The van der Waals surface area contributed by atoms with Gasteiger partial charge in [0.25, 0.3) is 5.69 Å². The number of non-ortho nitro benzene ring substituents is 1. The predicted octanol–water partition coefficient (Wildman–Crippen LogP) is 4.67. The van der Waals surface area contributed by atoms with Crippen LogP contribution in [0.3, 0.4) is 0 Å². The van der Waals surface area contributed by atoms with Crippen LogP contribution in [0.2, 0.25) is 0 Å². The average Bonchev–Trinajstić information content (AvgIpc) is 3.37. The number of carbonyl (C=O) groups is 1. The van der Waals surface area contributed by atoms with Gasteiger partial charge in [-0.25, -0.2) is 4.39 Å². The van der Waals surface area contributed by atoms with Crippen molar-refractivity contribution in [2.75, 3.05) is 13.1 Å². The number of nitrogens with one attached hydrogen (secondary N) is 1. The third kappa shape index (κ3) is 3.72. The Morgan fingerprint density at radius 1 is 1.21 bits per heavy atom. The van der Waals surface area contributed by atoms with E-state index in [0.29, 0.717) is 16.5 Å². The Labute approximate surface area is 167 Å². The SMILES string of the molecule is Cc1ccc(F)c([C@@H](CC(=O)N2CCCC2)c2c[nH]c3ccc([N+](=O)[O-])cc23)c1. The summed E-state index contributed by atoms with van der Waals surface area (Å²) in [6.07, 6.45) is 3.82. The predicted molar refractivity (Wildman–Crippen MR) is 108 cm³/mol. The maximum absolute atomic E-state index is 14.8. The van der Waals surface area contributed by atoms with E-state index in [4.69, 9.17) is 0 Å². The summed E-state index contributed by atoms with van der Waals surface area (Å²) in [6, 6.07) is 9.42. The average molecular weight is 395 g/mol. The van der Waals surface area contributed by atoms with E-state index >= 15 is 0 Å². The largest absolute Gasteiger partial charge is 0.361 e. The monoisotopic (exact) mass is 395 g/mol. The molecule has 0 unspecified atom stereocenters. The lowest BCUT2D eigenvalue weighted by Crippen LogP contribution is -2.29. The van der Waals surface area contributed by atoms with E-state index in [1.807, 2.05) is 11.8 Å². The second kappa shape index (κ2) is 7.66. The Balaban J connectivity index is 1.82. The maximum Gasteiger partial charge on any atom is 0.270 e. The lowest BCUT2D eigenvalue weighted by atomic mass is 9.86. The number of amides is 1. The fourth-order valence-electron chi connectivity index (χ4n) is 4.12. The van der Waals surface area contributed by atoms with Gasteiger partial charge in [-0.15, -0.1) is 0 Å². The third-order valence-corrected chi connectivity index (χ3v) is 5.65. The topological polar surface area (TPSA) is 79.2 Å². The highest BCUT2D eigenvalue weighted by molar-refractivity contribution is 5.87. The van der Waals surface area contributed by atoms with Crippen LogP contribution >= 0.6 is 0 Å². The van der Waals surface area contributed by atoms with Crippen molar-refractivity contribution in [3.8, 4) is 0 Å². The third-order valence-electron chi connectivity index (χ3n) is 5.65. The minimum atomic E-state index is -0.529. The standard InChI is InChI=1S/C22H22FN3O3/c1-14-4-6-20(23)17(10-14)16(12-22(27)25-8-2-3-9-25)19-13-24-21-7-5-15(26(28)29)11-18(19)21/h4-7,10-11,13,16,24H,2-3,8-9,12H2,1H3/t16-/m1/s1. The van der Waals surface area contributed by atoms with Crippen LogP contribution in [0.15, 0.2) is 42.6 Å². The number of benzene rings is 2. The molecule has 2 heterocycles. The molecule has 7 heteroatoms. The molecule has 1 aliphatic heterocycles. The van der Waals surface area contributed by atoms with Crippen molar-refractivity contribution in [3.05, 3.63) is 75.2 Å². The zero-order valence-electron chi connectivity index (χ0n) is 16.2. The van der Waals surface area contributed by atoms with Crippen molar-refractivity contribution in [3.63, 3.8) is 0 Å². The van der Waals surface area contributed by atoms with Crippen molar-refractivity contribution >= 4 is 22.5 Å². The molecule has 6 nitrogen and oxygen atoms in total. The number of likely N-dealkylation sites (tertiary alicyclic amines) is 1. The van der Waals surface area contributed by atoms with Crippen molar-refractivity contribution in [1.82, 2.24) is 9.88 Å². The second-order valence-electron chi connectivity index (χ2n) is 7.60. The number of nitro benzene ring substituents is 1. The number of nitro groups is 1. The molecule has 3 aromatic rings. The van der Waals surface area contributed by atoms with Crippen LogP contribution in [0, 0.1) is 22.9 Å². The van der Waals surface area contributed by atoms with Crippen molar-refractivity contribution in [1.29, 1.82) is 0 Å². The van der Waals surface area contributed by atoms with E-state index in [2.05, 4.69) is 4.98 Å². The minimum Gasteiger partial charge on any atom is -0.361 e. The van der Waals surface area contributed by atoms with Crippen LogP contribution in [0.5, 0.6) is 0 Å². The van der Waals surface area contributed by atoms with Gasteiger partial charge in [0, 0.05) is 54.7 Å². The molecular formula is C22H22FN3O3. The van der Waals surface area contributed by atoms with E-state index in [9.17, 15) is 19.3 Å². The molecule has 150 valence electrons. The number of H-pyrrole nitrogens is 1. The molecule has 0 radical (unpaired) electrons. The van der Waals surface area contributed by atoms with Crippen molar-refractivity contribution in [2.45, 2.75) is 32.1 Å². The zero-order chi connectivity index (χ0) is 20.5. The summed E-state index contributed by atoms with van der Waals surface area (Å²) < 4.78 is 14.8. The smallest absolute Gasteiger partial charge is 0.270 e. The highest BCUT2D eigenvalue weighted by atomic mass is 19.1. The van der Waals surface area contributed by atoms with Gasteiger partial charge in [0.2, 0.25) is 5.91 Å². The van der Waals surface area contributed by atoms with Gasteiger partial charge in [-0.3, -0.25) is 14.9 Å². The number of fused-ring (bicyclic) bond motifs is 1. The lowest BCUT2D eigenvalue weighted by molar-refractivity contribution is -0.384. The molecule has 0 bridgehead atoms. The summed E-state index contributed by atoms with van der Waals surface area (Å²) in [7, 11) is 0. The van der Waals surface area contributed by atoms with E-state index < -0.39 is 10.8 Å². The molecule has 1 N–H and O–H groups in total. The number of aromatic nitrogens is 1. The van der Waals surface area contributed by atoms with Crippen LogP contribution in [0.4, 0.5) is 10.1 Å². The summed E-state index contributed by atoms with van der Waals surface area (Å²) >= 11 is 0. The normalized spacial score (nSPS) is 15.0. The molecule has 29 heavy (non-hydrogen) atoms. The zero-order valence-corrected chi connectivity index (χ0v) is 16.2. The van der Waals surface area contributed by atoms with Crippen LogP contribution in [0.1, 0.15) is 41.9 Å². The molecule has 1 aromatic heterocycles. The number of rotatable bonds is 5. The molecule has 1 aliphatic rings. The number of aromatic amines is 1. The molecule has 1 atom stereocenters. The lowest BCUT2D eigenvalue weighted by Gasteiger charge is -2.22. The summed E-state index contributed by atoms with van der Waals surface area (Å²) in [6.45, 7) is 3.32. The van der Waals surface area contributed by atoms with Gasteiger partial charge >= 0.3 is 0 Å². The first kappa shape index (κ1) is 19.1. The summed E-state index contributed by atoms with van der Waals surface area (Å²) in [5.41, 5.74) is 2.71. The minimum absolute atomic E-state index is 0.0202. The van der Waals surface area contributed by atoms with Crippen LogP contribution < -0.4 is 0 Å². The molecule has 1 saturated heterocycles. The van der Waals surface area contributed by atoms with Gasteiger partial charge < -0.3 is 9.88 Å². The Morgan fingerprint density at radius 3 is 2.69 bits per heavy atom. The molecule has 0 spiro atoms. The number of carbonyl (C=O) groups excluding carboxylic acids is 1. The van der Waals surface area contributed by atoms with Gasteiger partial charge in [-0.1, -0.05) is 17.7 Å². The fraction of sp³-hybridized carbons (Fsp3) is 0.318. The number of nitrogens with zero attached hydrogens (tertiary/aromatic N) is 2. The maximum atomic E-state index is 14.8. The first-order valence-corrected chi connectivity index (χ1v) is 9.73. The summed E-state index contributed by atoms with van der Waals surface area (Å²) in [4.78, 5) is 28.6. The number of halogens is 1. The van der Waals surface area contributed by atoms with Gasteiger partial charge in [0.1, 0.15) is 5.82 Å². The van der Waals surface area contributed by atoms with Crippen LogP contribution in [0.25, 0.3) is 10.9 Å². The summed E-state index contributed by atoms with van der Waals surface area (Å²) in [5.74, 6) is -0.929. The molecule has 4 rings (SSSR count). The van der Waals surface area contributed by atoms with E-state index in [0.717, 1.165) is 37.0 Å². The van der Waals surface area contributed by atoms with E-state index in [1.165, 1.54) is 18.2 Å². The molecule has 0 saturated carbocycles. The number of hydrogen-bond donors (Lipinski definition) is 1. The quantitative estimate of drug-likeness (QED) is 0.504. The molecule has 2 aromatic carbocycles. The molecule has 1 amide bonds. The number of aryl methyl sites for hydroxylation is 1. The van der Waals surface area contributed by atoms with Crippen molar-refractivity contribution < 1.29 is 14.1 Å². The number of hydrogen-bond acceptors (Lipinski definition) is 3. The Morgan fingerprint density at radius 2 is 1.97 bits per heavy atom. The Bertz CT molecular complexity index is 1090. The van der Waals surface area contributed by atoms with Gasteiger partial charge in [0.15, 0.2) is 0 Å². The van der Waals surface area contributed by atoms with E-state index in [-0.39, 0.29) is 23.8 Å². The second-order valence-corrected chi connectivity index (χ2v) is 7.60. The van der Waals surface area contributed by atoms with Crippen molar-refractivity contribution in [2.24, 2.45) is 0 Å². The molecule has 0 aliphatic carbocycles. The highest BCUT2D eigenvalue weighted by Crippen LogP contribution is 2.37. The Hall–Kier alpha value is -3.22. The first-order chi connectivity index (χ1) is 13.9. The Kier molecular flexibility index (Phi) is 5.05. The molecular weight excluding hydrogens is 373 g/mol. The van der Waals surface area contributed by atoms with E-state index in [1.54, 1.807) is 24.4 Å². The van der Waals surface area contributed by atoms with Crippen LogP contribution in [-0.4, -0.2) is 33.8 Å². The van der Waals surface area contributed by atoms with Gasteiger partial charge in [-0.05, 0) is 43.0 Å². The van der Waals surface area contributed by atoms with Gasteiger partial charge in [0.05, 0.1) is 4.92 Å². The van der Waals surface area contributed by atoms with Crippen LogP contribution in [-0.2, 0) is 4.79 Å². The van der Waals surface area contributed by atoms with Gasteiger partial charge in [-0.2, -0.15) is 0 Å². The summed E-state index contributed by atoms with van der Waals surface area (Å²) in [5, 5.41) is 11.9.